The van der Waals surface area contributed by atoms with Gasteiger partial charge in [0.15, 0.2) is 12.2 Å². The molecule has 0 aromatic heterocycles. The summed E-state index contributed by atoms with van der Waals surface area (Å²) in [6, 6.07) is 4.56. The van der Waals surface area contributed by atoms with Gasteiger partial charge in [0.2, 0.25) is 5.91 Å². The molecule has 0 spiro atoms. The summed E-state index contributed by atoms with van der Waals surface area (Å²) in [7, 11) is 1.04. The molecule has 1 heterocycles. The lowest BCUT2D eigenvalue weighted by Gasteiger charge is -2.48. The molecule has 1 fully saturated rings. The molecule has 1 amide bonds. The van der Waals surface area contributed by atoms with E-state index < -0.39 is 97.7 Å². The van der Waals surface area contributed by atoms with Gasteiger partial charge in [-0.05, 0) is 29.5 Å². The van der Waals surface area contributed by atoms with E-state index in [9.17, 15) is 28.8 Å². The van der Waals surface area contributed by atoms with Crippen LogP contribution in [-0.2, 0) is 73.3 Å². The number of hydrogen-bond donors (Lipinski definition) is 1. The van der Waals surface area contributed by atoms with Gasteiger partial charge in [0.1, 0.15) is 18.8 Å². The SMILES string of the molecule is COC(=O)[C@]1(OC[C@@H](CN=[N+]=[N-])OCc2cc(C)ccc2C(C)C)C[C@H](OC(C)=O)[C@@H](NC(C)=O)[C@H]([C@H](OC(C)=O)[C@@H](COC(C)=O)OC(C)=O)O1. The second-order valence-electron chi connectivity index (χ2n) is 12.4. The molecule has 288 valence electrons. The Labute approximate surface area is 301 Å². The number of benzene rings is 1. The monoisotopic (exact) mass is 736 g/mol. The Hall–Kier alpha value is -4.77. The Morgan fingerprint density at radius 2 is 1.67 bits per heavy atom. The molecule has 1 aromatic rings. The highest BCUT2D eigenvalue weighted by atomic mass is 16.7. The summed E-state index contributed by atoms with van der Waals surface area (Å²) < 4.78 is 45.2. The predicted molar refractivity (Wildman–Crippen MR) is 179 cm³/mol. The van der Waals surface area contributed by atoms with Gasteiger partial charge in [-0.15, -0.1) is 0 Å². The molecular weight excluding hydrogens is 688 g/mol. The van der Waals surface area contributed by atoms with Crippen molar-refractivity contribution in [2.45, 2.75) is 117 Å². The molecule has 1 aliphatic heterocycles. The number of ether oxygens (including phenoxy) is 8. The second-order valence-corrected chi connectivity index (χ2v) is 12.4. The van der Waals surface area contributed by atoms with Crippen molar-refractivity contribution in [2.75, 3.05) is 26.9 Å². The molecule has 52 heavy (non-hydrogen) atoms. The van der Waals surface area contributed by atoms with Crippen molar-refractivity contribution in [3.05, 3.63) is 45.3 Å². The third-order valence-corrected chi connectivity index (χ3v) is 7.74. The van der Waals surface area contributed by atoms with E-state index in [1.54, 1.807) is 0 Å². The zero-order chi connectivity index (χ0) is 39.2. The highest BCUT2D eigenvalue weighted by Gasteiger charge is 2.59. The lowest BCUT2D eigenvalue weighted by atomic mass is 9.88. The van der Waals surface area contributed by atoms with Crippen molar-refractivity contribution >= 4 is 35.8 Å². The van der Waals surface area contributed by atoms with E-state index in [1.807, 2.05) is 39.0 Å². The summed E-state index contributed by atoms with van der Waals surface area (Å²) in [6.07, 6.45) is -7.93. The molecule has 7 atom stereocenters. The Bertz CT molecular complexity index is 1500. The minimum absolute atomic E-state index is 0.0777. The first kappa shape index (κ1) is 43.4. The molecule has 0 bridgehead atoms. The first-order valence-corrected chi connectivity index (χ1v) is 16.5. The average molecular weight is 737 g/mol. The molecule has 1 saturated heterocycles. The van der Waals surface area contributed by atoms with E-state index >= 15 is 0 Å². The third kappa shape index (κ3) is 13.1. The molecule has 2 rings (SSSR count). The number of carbonyl (C=O) groups is 6. The van der Waals surface area contributed by atoms with Crippen LogP contribution in [0.15, 0.2) is 23.3 Å². The van der Waals surface area contributed by atoms with E-state index in [-0.39, 0.29) is 19.1 Å². The molecule has 18 heteroatoms. The van der Waals surface area contributed by atoms with Gasteiger partial charge < -0.3 is 43.2 Å². The fourth-order valence-electron chi connectivity index (χ4n) is 5.69. The molecule has 1 aliphatic rings. The van der Waals surface area contributed by atoms with Crippen molar-refractivity contribution < 1.29 is 66.7 Å². The lowest BCUT2D eigenvalue weighted by molar-refractivity contribution is -0.318. The molecular formula is C34H48N4O14. The first-order valence-electron chi connectivity index (χ1n) is 16.5. The molecule has 0 radical (unpaired) electrons. The van der Waals surface area contributed by atoms with Crippen molar-refractivity contribution in [1.82, 2.24) is 5.32 Å². The summed E-state index contributed by atoms with van der Waals surface area (Å²) in [5.41, 5.74) is 12.0. The maximum absolute atomic E-state index is 13.7. The van der Waals surface area contributed by atoms with E-state index in [0.29, 0.717) is 0 Å². The minimum Gasteiger partial charge on any atom is -0.465 e. The number of rotatable bonds is 18. The summed E-state index contributed by atoms with van der Waals surface area (Å²) in [5, 5.41) is 6.22. The summed E-state index contributed by atoms with van der Waals surface area (Å²) in [4.78, 5) is 77.8. The van der Waals surface area contributed by atoms with Gasteiger partial charge in [0.05, 0.1) is 45.4 Å². The van der Waals surface area contributed by atoms with Crippen molar-refractivity contribution in [3.63, 3.8) is 0 Å². The number of methoxy groups -OCH3 is 1. The van der Waals surface area contributed by atoms with Crippen molar-refractivity contribution in [1.29, 1.82) is 0 Å². The topological polar surface area (TPSA) is 237 Å². The van der Waals surface area contributed by atoms with E-state index in [2.05, 4.69) is 15.3 Å². The number of nitrogens with zero attached hydrogens (tertiary/aromatic N) is 3. The first-order chi connectivity index (χ1) is 24.4. The number of esters is 5. The maximum atomic E-state index is 13.7. The molecule has 0 unspecified atom stereocenters. The van der Waals surface area contributed by atoms with Gasteiger partial charge in [-0.1, -0.05) is 42.7 Å². The average Bonchev–Trinajstić information content (AvgIpc) is 3.05. The number of hydrogen-bond acceptors (Lipinski definition) is 15. The Balaban J connectivity index is 2.69. The standard InChI is InChI=1S/C34H48N4O14/c1-18(2)27-11-10-19(3)12-25(27)15-47-26(14-36-38-35)16-48-34(33(44)45-9)13-28(49-22(6)41)30(37-20(4)39)32(52-34)31(51-24(8)43)29(50-23(7)42)17-46-21(5)40/h10-12,18,26,28-32H,13-17H2,1-9H3,(H,37,39)/t26-,28+,29-,30-,31-,32-,34+/m1/s1. The van der Waals surface area contributed by atoms with Crippen LogP contribution >= 0.6 is 0 Å². The van der Waals surface area contributed by atoms with Gasteiger partial charge >= 0.3 is 29.8 Å². The number of amides is 1. The summed E-state index contributed by atoms with van der Waals surface area (Å²) >= 11 is 0. The number of aryl methyl sites for hydroxylation is 1. The number of nitrogens with one attached hydrogen (secondary N) is 1. The van der Waals surface area contributed by atoms with Gasteiger partial charge in [-0.2, -0.15) is 0 Å². The van der Waals surface area contributed by atoms with Crippen LogP contribution in [0, 0.1) is 6.92 Å². The molecule has 0 aliphatic carbocycles. The van der Waals surface area contributed by atoms with Crippen LogP contribution in [0.25, 0.3) is 10.4 Å². The number of azide groups is 1. The quantitative estimate of drug-likeness (QED) is 0.0750. The highest BCUT2D eigenvalue weighted by Crippen LogP contribution is 2.37. The number of carbonyl (C=O) groups excluding carboxylic acids is 6. The van der Waals surface area contributed by atoms with Crippen LogP contribution in [0.5, 0.6) is 0 Å². The Kier molecular flexibility index (Phi) is 17.0. The lowest BCUT2D eigenvalue weighted by Crippen LogP contribution is -2.69. The largest absolute Gasteiger partial charge is 0.465 e. The summed E-state index contributed by atoms with van der Waals surface area (Å²) in [6.45, 7) is 10.1. The van der Waals surface area contributed by atoms with Crippen LogP contribution < -0.4 is 5.32 Å². The molecule has 0 saturated carbocycles. The van der Waals surface area contributed by atoms with Crippen LogP contribution in [0.1, 0.15) is 77.5 Å². The van der Waals surface area contributed by atoms with Gasteiger partial charge in [0.25, 0.3) is 5.79 Å². The normalized spacial score (nSPS) is 21.4. The molecule has 1 aromatic carbocycles. The van der Waals surface area contributed by atoms with Gasteiger partial charge in [-0.3, -0.25) is 24.0 Å². The fourth-order valence-corrected chi connectivity index (χ4v) is 5.69. The van der Waals surface area contributed by atoms with Gasteiger partial charge in [0, 0.05) is 39.5 Å². The molecule has 18 nitrogen and oxygen atoms in total. The van der Waals surface area contributed by atoms with Crippen LogP contribution in [0.2, 0.25) is 0 Å². The Morgan fingerprint density at radius 1 is 1.00 bits per heavy atom. The zero-order valence-electron chi connectivity index (χ0n) is 30.9. The summed E-state index contributed by atoms with van der Waals surface area (Å²) in [5.74, 6) is -7.47. The van der Waals surface area contributed by atoms with Crippen molar-refractivity contribution in [3.8, 4) is 0 Å². The second kappa shape index (κ2) is 20.3. The highest BCUT2D eigenvalue weighted by molar-refractivity contribution is 5.79. The van der Waals surface area contributed by atoms with Crippen molar-refractivity contribution in [2.24, 2.45) is 5.11 Å². The van der Waals surface area contributed by atoms with E-state index in [0.717, 1.165) is 58.4 Å². The van der Waals surface area contributed by atoms with E-state index in [4.69, 9.17) is 43.4 Å². The molecule has 1 N–H and O–H groups in total. The Morgan fingerprint density at radius 3 is 2.21 bits per heavy atom. The minimum atomic E-state index is -2.46. The maximum Gasteiger partial charge on any atom is 0.366 e. The van der Waals surface area contributed by atoms with Crippen LogP contribution in [-0.4, -0.2) is 105 Å². The van der Waals surface area contributed by atoms with Crippen LogP contribution in [0.4, 0.5) is 0 Å². The smallest absolute Gasteiger partial charge is 0.366 e. The van der Waals surface area contributed by atoms with E-state index in [1.165, 1.54) is 0 Å². The predicted octanol–water partition coefficient (Wildman–Crippen LogP) is 2.85. The zero-order valence-corrected chi connectivity index (χ0v) is 30.9. The third-order valence-electron chi connectivity index (χ3n) is 7.74. The fraction of sp³-hybridized carbons (Fsp3) is 0.647. The van der Waals surface area contributed by atoms with Crippen LogP contribution in [0.3, 0.4) is 0 Å². The van der Waals surface area contributed by atoms with Gasteiger partial charge in [-0.25, -0.2) is 4.79 Å².